The highest BCUT2D eigenvalue weighted by Gasteiger charge is 2.14. The molecule has 7 nitrogen and oxygen atoms in total. The largest absolute Gasteiger partial charge is 0.497 e. The molecule has 2 N–H and O–H groups in total. The summed E-state index contributed by atoms with van der Waals surface area (Å²) in [5, 5.41) is 12.0. The minimum Gasteiger partial charge on any atom is -0.497 e. The van der Waals surface area contributed by atoms with Crippen LogP contribution in [-0.2, 0) is 10.0 Å². The van der Waals surface area contributed by atoms with Crippen LogP contribution in [0.5, 0.6) is 5.75 Å². The Morgan fingerprint density at radius 3 is 2.44 bits per heavy atom. The van der Waals surface area contributed by atoms with Crippen molar-refractivity contribution in [3.05, 3.63) is 72.4 Å². The topological polar surface area (TPSA) is 104 Å². The smallest absolute Gasteiger partial charge is 0.263 e. The Kier molecular flexibility index (Phi) is 5.24. The van der Waals surface area contributed by atoms with E-state index in [0.29, 0.717) is 17.0 Å². The van der Waals surface area contributed by atoms with Gasteiger partial charge in [-0.25, -0.2) is 13.4 Å². The standard InChI is InChI=1S/C19H16N4O3S/c1-26-17-6-8-18(9-7-17)27(24,25)23-19-10-5-16(13-21-19)22-15-4-2-3-14(11-15)12-20/h2-11,13,22H,1H3,(H,21,23). The molecule has 2 aromatic carbocycles. The zero-order chi connectivity index (χ0) is 19.3. The highest BCUT2D eigenvalue weighted by atomic mass is 32.2. The molecule has 0 spiro atoms. The van der Waals surface area contributed by atoms with Crippen molar-refractivity contribution < 1.29 is 13.2 Å². The normalized spacial score (nSPS) is 10.7. The van der Waals surface area contributed by atoms with Crippen LogP contribution in [0.1, 0.15) is 5.56 Å². The quantitative estimate of drug-likeness (QED) is 0.678. The van der Waals surface area contributed by atoms with Gasteiger partial charge in [0, 0.05) is 5.69 Å². The molecule has 0 amide bonds. The molecule has 0 aliphatic rings. The monoisotopic (exact) mass is 380 g/mol. The fourth-order valence-corrected chi connectivity index (χ4v) is 3.32. The van der Waals surface area contributed by atoms with E-state index in [2.05, 4.69) is 21.1 Å². The minimum atomic E-state index is -3.74. The van der Waals surface area contributed by atoms with Gasteiger partial charge in [0.1, 0.15) is 11.6 Å². The second kappa shape index (κ2) is 7.76. The van der Waals surface area contributed by atoms with Gasteiger partial charge in [-0.1, -0.05) is 6.07 Å². The molecule has 8 heteroatoms. The number of nitrogens with one attached hydrogen (secondary N) is 2. The van der Waals surface area contributed by atoms with Gasteiger partial charge >= 0.3 is 0 Å². The Morgan fingerprint density at radius 2 is 1.81 bits per heavy atom. The predicted molar refractivity (Wildman–Crippen MR) is 102 cm³/mol. The van der Waals surface area contributed by atoms with Gasteiger partial charge in [-0.3, -0.25) is 4.72 Å². The van der Waals surface area contributed by atoms with Crippen LogP contribution in [0.4, 0.5) is 17.2 Å². The molecule has 27 heavy (non-hydrogen) atoms. The number of ether oxygens (including phenoxy) is 1. The molecule has 3 rings (SSSR count). The lowest BCUT2D eigenvalue weighted by molar-refractivity contribution is 0.414. The molecular weight excluding hydrogens is 364 g/mol. The van der Waals surface area contributed by atoms with Gasteiger partial charge in [-0.15, -0.1) is 0 Å². The molecule has 1 heterocycles. The van der Waals surface area contributed by atoms with Gasteiger partial charge in [-0.2, -0.15) is 5.26 Å². The summed E-state index contributed by atoms with van der Waals surface area (Å²) in [7, 11) is -2.23. The number of methoxy groups -OCH3 is 1. The van der Waals surface area contributed by atoms with Crippen LogP contribution in [0.2, 0.25) is 0 Å². The Balaban J connectivity index is 1.72. The summed E-state index contributed by atoms with van der Waals surface area (Å²) < 4.78 is 32.3. The van der Waals surface area contributed by atoms with Crippen LogP contribution >= 0.6 is 0 Å². The van der Waals surface area contributed by atoms with Gasteiger partial charge in [-0.05, 0) is 54.6 Å². The Morgan fingerprint density at radius 1 is 1.04 bits per heavy atom. The van der Waals surface area contributed by atoms with Gasteiger partial charge in [0.15, 0.2) is 0 Å². The summed E-state index contributed by atoms with van der Waals surface area (Å²) in [6.45, 7) is 0. The van der Waals surface area contributed by atoms with E-state index >= 15 is 0 Å². The van der Waals surface area contributed by atoms with Crippen LogP contribution in [0, 0.1) is 11.3 Å². The fraction of sp³-hybridized carbons (Fsp3) is 0.0526. The summed E-state index contributed by atoms with van der Waals surface area (Å²) in [4.78, 5) is 4.23. The summed E-state index contributed by atoms with van der Waals surface area (Å²) in [5.74, 6) is 0.769. The van der Waals surface area contributed by atoms with E-state index in [9.17, 15) is 8.42 Å². The van der Waals surface area contributed by atoms with Crippen molar-refractivity contribution in [2.75, 3.05) is 17.1 Å². The van der Waals surface area contributed by atoms with Gasteiger partial charge in [0.05, 0.1) is 35.5 Å². The van der Waals surface area contributed by atoms with E-state index in [4.69, 9.17) is 10.00 Å². The van der Waals surface area contributed by atoms with Crippen molar-refractivity contribution in [2.45, 2.75) is 4.90 Å². The lowest BCUT2D eigenvalue weighted by Crippen LogP contribution is -2.13. The minimum absolute atomic E-state index is 0.112. The van der Waals surface area contributed by atoms with Gasteiger partial charge < -0.3 is 10.1 Å². The number of hydrogen-bond acceptors (Lipinski definition) is 6. The summed E-state index contributed by atoms with van der Waals surface area (Å²) in [5.41, 5.74) is 1.94. The Labute approximate surface area is 157 Å². The lowest BCUT2D eigenvalue weighted by atomic mass is 10.2. The first-order valence-corrected chi connectivity index (χ1v) is 9.38. The molecule has 1 aromatic heterocycles. The van der Waals surface area contributed by atoms with Crippen LogP contribution in [-0.4, -0.2) is 20.5 Å². The number of benzene rings is 2. The number of sulfonamides is 1. The van der Waals surface area contributed by atoms with E-state index in [1.54, 1.807) is 42.5 Å². The number of rotatable bonds is 6. The Hall–Kier alpha value is -3.57. The maximum Gasteiger partial charge on any atom is 0.263 e. The summed E-state index contributed by atoms with van der Waals surface area (Å²) in [6.07, 6.45) is 1.50. The second-order valence-electron chi connectivity index (χ2n) is 5.53. The van der Waals surface area contributed by atoms with Crippen molar-refractivity contribution in [3.63, 3.8) is 0 Å². The van der Waals surface area contributed by atoms with Gasteiger partial charge in [0.25, 0.3) is 10.0 Å². The first kappa shape index (κ1) is 18.2. The maximum atomic E-state index is 12.4. The predicted octanol–water partition coefficient (Wildman–Crippen LogP) is 3.51. The third kappa shape index (κ3) is 4.54. The molecule has 0 saturated heterocycles. The van der Waals surface area contributed by atoms with Crippen molar-refractivity contribution in [1.82, 2.24) is 4.98 Å². The molecule has 0 atom stereocenters. The molecule has 0 aliphatic heterocycles. The molecule has 0 unspecified atom stereocenters. The van der Waals surface area contributed by atoms with Gasteiger partial charge in [0.2, 0.25) is 0 Å². The van der Waals surface area contributed by atoms with E-state index in [1.807, 2.05) is 6.07 Å². The third-order valence-corrected chi connectivity index (χ3v) is 5.02. The van der Waals surface area contributed by atoms with Crippen LogP contribution in [0.15, 0.2) is 71.8 Å². The zero-order valence-electron chi connectivity index (χ0n) is 14.4. The highest BCUT2D eigenvalue weighted by Crippen LogP contribution is 2.21. The number of anilines is 3. The van der Waals surface area contributed by atoms with Crippen molar-refractivity contribution in [1.29, 1.82) is 5.26 Å². The van der Waals surface area contributed by atoms with Crippen molar-refractivity contribution >= 4 is 27.2 Å². The molecule has 0 bridgehead atoms. The van der Waals surface area contributed by atoms with Crippen LogP contribution in [0.25, 0.3) is 0 Å². The van der Waals surface area contributed by atoms with Crippen LogP contribution in [0.3, 0.4) is 0 Å². The fourth-order valence-electron chi connectivity index (χ4n) is 2.31. The number of nitrogens with zero attached hydrogens (tertiary/aromatic N) is 2. The summed E-state index contributed by atoms with van der Waals surface area (Å²) in [6, 6.07) is 18.4. The van der Waals surface area contributed by atoms with E-state index < -0.39 is 10.0 Å². The molecule has 0 aliphatic carbocycles. The average Bonchev–Trinajstić information content (AvgIpc) is 2.69. The molecule has 0 saturated carbocycles. The van der Waals surface area contributed by atoms with E-state index in [-0.39, 0.29) is 10.7 Å². The zero-order valence-corrected chi connectivity index (χ0v) is 15.2. The average molecular weight is 380 g/mol. The summed E-state index contributed by atoms with van der Waals surface area (Å²) >= 11 is 0. The van der Waals surface area contributed by atoms with Crippen molar-refractivity contribution in [3.8, 4) is 11.8 Å². The number of aromatic nitrogens is 1. The molecular formula is C19H16N4O3S. The number of hydrogen-bond donors (Lipinski definition) is 2. The van der Waals surface area contributed by atoms with Crippen LogP contribution < -0.4 is 14.8 Å². The van der Waals surface area contributed by atoms with E-state index in [0.717, 1.165) is 5.69 Å². The molecule has 0 radical (unpaired) electrons. The molecule has 136 valence electrons. The first-order valence-electron chi connectivity index (χ1n) is 7.90. The number of nitriles is 1. The second-order valence-corrected chi connectivity index (χ2v) is 7.21. The third-order valence-electron chi connectivity index (χ3n) is 3.65. The van der Waals surface area contributed by atoms with E-state index in [1.165, 1.54) is 25.4 Å². The highest BCUT2D eigenvalue weighted by molar-refractivity contribution is 7.92. The van der Waals surface area contributed by atoms with Crippen molar-refractivity contribution in [2.24, 2.45) is 0 Å². The number of pyridine rings is 1. The first-order chi connectivity index (χ1) is 13.0. The lowest BCUT2D eigenvalue weighted by Gasteiger charge is -2.10. The SMILES string of the molecule is COc1ccc(S(=O)(=O)Nc2ccc(Nc3cccc(C#N)c3)cn2)cc1. The Bertz CT molecular complexity index is 1070. The molecule has 0 fully saturated rings. The molecule has 3 aromatic rings. The maximum absolute atomic E-state index is 12.4.